The van der Waals surface area contributed by atoms with Crippen molar-refractivity contribution in [2.75, 3.05) is 6.54 Å². The molecule has 0 N–H and O–H groups in total. The maximum absolute atomic E-state index is 12.7. The van der Waals surface area contributed by atoms with Crippen LogP contribution in [0.25, 0.3) is 10.8 Å². The van der Waals surface area contributed by atoms with Crippen LogP contribution in [0, 0.1) is 5.92 Å². The molecule has 0 saturated heterocycles. The Labute approximate surface area is 175 Å². The molecule has 5 nitrogen and oxygen atoms in total. The topological polar surface area (TPSA) is 63.7 Å². The van der Waals surface area contributed by atoms with Crippen LogP contribution in [0.3, 0.4) is 0 Å². The zero-order valence-corrected chi connectivity index (χ0v) is 17.1. The molecule has 1 heterocycles. The summed E-state index contributed by atoms with van der Waals surface area (Å²) < 4.78 is 5.50. The first-order valence-corrected chi connectivity index (χ1v) is 10.1. The lowest BCUT2D eigenvalue weighted by atomic mass is 10.0. The Morgan fingerprint density at radius 1 is 0.933 bits per heavy atom. The average molecular weight is 401 g/mol. The fourth-order valence-corrected chi connectivity index (χ4v) is 3.65. The lowest BCUT2D eigenvalue weighted by Crippen LogP contribution is -2.31. The van der Waals surface area contributed by atoms with Crippen molar-refractivity contribution in [3.63, 3.8) is 0 Å². The molecular weight excluding hydrogens is 378 g/mol. The van der Waals surface area contributed by atoms with Crippen LogP contribution in [-0.4, -0.2) is 29.2 Å². The van der Waals surface area contributed by atoms with Gasteiger partial charge < -0.3 is 4.74 Å². The Morgan fingerprint density at radius 3 is 2.47 bits per heavy atom. The summed E-state index contributed by atoms with van der Waals surface area (Å²) in [5.74, 6) is -0.786. The van der Waals surface area contributed by atoms with E-state index in [0.717, 1.165) is 22.8 Å². The molecular formula is C25H23NO4. The Balaban J connectivity index is 1.50. The summed E-state index contributed by atoms with van der Waals surface area (Å²) in [6.07, 6.45) is 0.741. The molecule has 0 spiro atoms. The minimum absolute atomic E-state index is 0.130. The summed E-state index contributed by atoms with van der Waals surface area (Å²) in [5.41, 5.74) is 1.78. The smallest absolute Gasteiger partial charge is 0.338 e. The Hall–Kier alpha value is -3.47. The van der Waals surface area contributed by atoms with Gasteiger partial charge in [0.05, 0.1) is 16.7 Å². The number of esters is 1. The summed E-state index contributed by atoms with van der Waals surface area (Å²) >= 11 is 0. The van der Waals surface area contributed by atoms with Crippen molar-refractivity contribution in [3.8, 4) is 0 Å². The highest BCUT2D eigenvalue weighted by Crippen LogP contribution is 2.26. The second-order valence-corrected chi connectivity index (χ2v) is 7.92. The first-order valence-electron chi connectivity index (χ1n) is 10.1. The largest absolute Gasteiger partial charge is 0.457 e. The zero-order valence-electron chi connectivity index (χ0n) is 17.1. The van der Waals surface area contributed by atoms with Crippen LogP contribution in [0.4, 0.5) is 0 Å². The van der Waals surface area contributed by atoms with Gasteiger partial charge in [-0.1, -0.05) is 56.3 Å². The monoisotopic (exact) mass is 401 g/mol. The summed E-state index contributed by atoms with van der Waals surface area (Å²) in [7, 11) is 0. The van der Waals surface area contributed by atoms with E-state index in [1.165, 1.54) is 11.0 Å². The normalized spacial score (nSPS) is 13.2. The minimum atomic E-state index is -0.522. The van der Waals surface area contributed by atoms with E-state index in [9.17, 15) is 14.4 Å². The lowest BCUT2D eigenvalue weighted by molar-refractivity contribution is 0.0474. The SMILES string of the molecule is CC(C)CCN1C(=O)c2ccc(C(=O)OCc3cccc4ccccc34)cc2C1=O. The Bertz CT molecular complexity index is 1140. The molecule has 1 aliphatic heterocycles. The molecule has 0 fully saturated rings. The number of amides is 2. The number of ether oxygens (including phenoxy) is 1. The molecule has 0 aromatic heterocycles. The van der Waals surface area contributed by atoms with E-state index < -0.39 is 5.97 Å². The van der Waals surface area contributed by atoms with Gasteiger partial charge in [0.25, 0.3) is 11.8 Å². The van der Waals surface area contributed by atoms with Crippen LogP contribution in [-0.2, 0) is 11.3 Å². The molecule has 5 heteroatoms. The van der Waals surface area contributed by atoms with Gasteiger partial charge in [0, 0.05) is 6.54 Å². The predicted molar refractivity (Wildman–Crippen MR) is 114 cm³/mol. The summed E-state index contributed by atoms with van der Waals surface area (Å²) in [6.45, 7) is 4.60. The van der Waals surface area contributed by atoms with Crippen molar-refractivity contribution < 1.29 is 19.1 Å². The highest BCUT2D eigenvalue weighted by Gasteiger charge is 2.35. The fourth-order valence-electron chi connectivity index (χ4n) is 3.65. The second-order valence-electron chi connectivity index (χ2n) is 7.92. The molecule has 0 saturated carbocycles. The van der Waals surface area contributed by atoms with Crippen molar-refractivity contribution in [2.45, 2.75) is 26.9 Å². The molecule has 1 aliphatic rings. The maximum atomic E-state index is 12.7. The molecule has 2 amide bonds. The third-order valence-electron chi connectivity index (χ3n) is 5.38. The number of hydrogen-bond donors (Lipinski definition) is 0. The quantitative estimate of drug-likeness (QED) is 0.438. The van der Waals surface area contributed by atoms with Gasteiger partial charge in [-0.15, -0.1) is 0 Å². The number of rotatable bonds is 6. The van der Waals surface area contributed by atoms with Gasteiger partial charge in [0.2, 0.25) is 0 Å². The van der Waals surface area contributed by atoms with Crippen molar-refractivity contribution in [1.82, 2.24) is 4.90 Å². The van der Waals surface area contributed by atoms with Gasteiger partial charge in [-0.3, -0.25) is 14.5 Å². The van der Waals surface area contributed by atoms with E-state index in [4.69, 9.17) is 4.74 Å². The molecule has 4 rings (SSSR count). The van der Waals surface area contributed by atoms with E-state index >= 15 is 0 Å². The van der Waals surface area contributed by atoms with E-state index in [1.807, 2.05) is 56.3 Å². The number of benzene rings is 3. The predicted octanol–water partition coefficient (Wildman–Crippen LogP) is 4.84. The highest BCUT2D eigenvalue weighted by atomic mass is 16.5. The van der Waals surface area contributed by atoms with Crippen molar-refractivity contribution >= 4 is 28.6 Å². The van der Waals surface area contributed by atoms with Crippen LogP contribution >= 0.6 is 0 Å². The molecule has 3 aromatic rings. The molecule has 0 radical (unpaired) electrons. The highest BCUT2D eigenvalue weighted by molar-refractivity contribution is 6.21. The number of hydrogen-bond acceptors (Lipinski definition) is 4. The number of imide groups is 1. The van der Waals surface area contributed by atoms with Gasteiger partial charge in [0.15, 0.2) is 0 Å². The van der Waals surface area contributed by atoms with E-state index in [2.05, 4.69) is 0 Å². The number of fused-ring (bicyclic) bond motifs is 2. The number of carbonyl (C=O) groups excluding carboxylic acids is 3. The average Bonchev–Trinajstić information content (AvgIpc) is 2.99. The molecule has 3 aromatic carbocycles. The third kappa shape index (κ3) is 3.71. The van der Waals surface area contributed by atoms with Gasteiger partial charge in [-0.05, 0) is 46.9 Å². The maximum Gasteiger partial charge on any atom is 0.338 e. The zero-order chi connectivity index (χ0) is 21.3. The standard InChI is InChI=1S/C25H23NO4/c1-16(2)12-13-26-23(27)21-11-10-18(14-22(21)24(26)28)25(29)30-15-19-8-5-7-17-6-3-4-9-20(17)19/h3-11,14,16H,12-13,15H2,1-2H3. The fraction of sp³-hybridized carbons (Fsp3) is 0.240. The van der Waals surface area contributed by atoms with Crippen molar-refractivity contribution in [3.05, 3.63) is 82.9 Å². The number of carbonyl (C=O) groups is 3. The second kappa shape index (κ2) is 8.11. The lowest BCUT2D eigenvalue weighted by Gasteiger charge is -2.14. The van der Waals surface area contributed by atoms with Crippen LogP contribution in [0.2, 0.25) is 0 Å². The van der Waals surface area contributed by atoms with Crippen LogP contribution in [0.5, 0.6) is 0 Å². The first-order chi connectivity index (χ1) is 14.5. The molecule has 152 valence electrons. The van der Waals surface area contributed by atoms with Crippen molar-refractivity contribution in [1.29, 1.82) is 0 Å². The number of nitrogens with zero attached hydrogens (tertiary/aromatic N) is 1. The van der Waals surface area contributed by atoms with Crippen LogP contribution in [0.1, 0.15) is 56.9 Å². The molecule has 0 aliphatic carbocycles. The van der Waals surface area contributed by atoms with Gasteiger partial charge >= 0.3 is 5.97 Å². The third-order valence-corrected chi connectivity index (χ3v) is 5.38. The molecule has 0 atom stereocenters. The summed E-state index contributed by atoms with van der Waals surface area (Å²) in [6, 6.07) is 18.3. The Kier molecular flexibility index (Phi) is 5.36. The first kappa shape index (κ1) is 19.8. The van der Waals surface area contributed by atoms with Gasteiger partial charge in [-0.2, -0.15) is 0 Å². The van der Waals surface area contributed by atoms with Crippen LogP contribution in [0.15, 0.2) is 60.7 Å². The summed E-state index contributed by atoms with van der Waals surface area (Å²) in [5, 5.41) is 2.11. The molecule has 0 bridgehead atoms. The molecule has 30 heavy (non-hydrogen) atoms. The van der Waals surface area contributed by atoms with Gasteiger partial charge in [0.1, 0.15) is 6.61 Å². The summed E-state index contributed by atoms with van der Waals surface area (Å²) in [4.78, 5) is 39.1. The van der Waals surface area contributed by atoms with Crippen LogP contribution < -0.4 is 0 Å². The Morgan fingerprint density at radius 2 is 1.67 bits per heavy atom. The van der Waals surface area contributed by atoms with E-state index in [0.29, 0.717) is 18.0 Å². The van der Waals surface area contributed by atoms with Crippen molar-refractivity contribution in [2.24, 2.45) is 5.92 Å². The minimum Gasteiger partial charge on any atom is -0.457 e. The van der Waals surface area contributed by atoms with Gasteiger partial charge in [-0.25, -0.2) is 4.79 Å². The van der Waals surface area contributed by atoms with E-state index in [-0.39, 0.29) is 29.5 Å². The van der Waals surface area contributed by atoms with E-state index in [1.54, 1.807) is 12.1 Å². The molecule has 0 unspecified atom stereocenters.